The summed E-state index contributed by atoms with van der Waals surface area (Å²) in [6.07, 6.45) is 0. The number of hydrogen-bond acceptors (Lipinski definition) is 5. The zero-order valence-corrected chi connectivity index (χ0v) is 18.0. The van der Waals surface area contributed by atoms with Crippen LogP contribution in [0.25, 0.3) is 21.5 Å². The van der Waals surface area contributed by atoms with Gasteiger partial charge in [-0.2, -0.15) is 8.42 Å². The van der Waals surface area contributed by atoms with Gasteiger partial charge in [-0.25, -0.2) is 0 Å². The Bertz CT molecular complexity index is 1350. The van der Waals surface area contributed by atoms with Crippen LogP contribution >= 0.6 is 11.6 Å². The molecule has 0 aliphatic heterocycles. The lowest BCUT2D eigenvalue weighted by molar-refractivity contribution is 0.308. The molecule has 0 amide bonds. The van der Waals surface area contributed by atoms with Crippen LogP contribution in [0.2, 0.25) is 5.02 Å². The Morgan fingerprint density at radius 3 is 1.97 bits per heavy atom. The molecule has 30 heavy (non-hydrogen) atoms. The molecule has 0 aromatic heterocycles. The number of fused-ring (bicyclic) bond motifs is 2. The van der Waals surface area contributed by atoms with Crippen molar-refractivity contribution in [3.63, 3.8) is 0 Å². The fourth-order valence-electron chi connectivity index (χ4n) is 3.50. The van der Waals surface area contributed by atoms with Crippen LogP contribution in [-0.2, 0) is 20.9 Å². The van der Waals surface area contributed by atoms with E-state index in [1.807, 2.05) is 24.3 Å². The summed E-state index contributed by atoms with van der Waals surface area (Å²) < 4.78 is 42.2. The standard InChI is InChI=1S/C23H19ClO5S/c1-27-22-17-8-4-5-9-18(17)23(28-2)20-13-16(11-12-19(20)22)30(25,26)29-14-15-7-3-6-10-21(15)24/h3-13H,14H2,1-2H3. The molecule has 0 radical (unpaired) electrons. The van der Waals surface area contributed by atoms with Gasteiger partial charge in [0.15, 0.2) is 0 Å². The highest BCUT2D eigenvalue weighted by Gasteiger charge is 2.21. The number of benzene rings is 4. The largest absolute Gasteiger partial charge is 0.495 e. The zero-order chi connectivity index (χ0) is 21.3. The average Bonchev–Trinajstić information content (AvgIpc) is 2.76. The van der Waals surface area contributed by atoms with Crippen LogP contribution in [0.4, 0.5) is 0 Å². The molecular formula is C23H19ClO5S. The molecule has 0 spiro atoms. The van der Waals surface area contributed by atoms with Gasteiger partial charge in [0, 0.05) is 26.6 Å². The molecule has 0 heterocycles. The van der Waals surface area contributed by atoms with E-state index in [4.69, 9.17) is 25.3 Å². The third-order valence-electron chi connectivity index (χ3n) is 4.92. The van der Waals surface area contributed by atoms with E-state index < -0.39 is 10.1 Å². The monoisotopic (exact) mass is 442 g/mol. The van der Waals surface area contributed by atoms with E-state index in [1.165, 1.54) is 6.07 Å². The highest BCUT2D eigenvalue weighted by atomic mass is 35.5. The molecule has 4 aromatic carbocycles. The van der Waals surface area contributed by atoms with Crippen LogP contribution < -0.4 is 9.47 Å². The molecule has 7 heteroatoms. The van der Waals surface area contributed by atoms with Gasteiger partial charge in [-0.3, -0.25) is 4.18 Å². The molecule has 5 nitrogen and oxygen atoms in total. The van der Waals surface area contributed by atoms with Crippen molar-refractivity contribution < 1.29 is 22.1 Å². The highest BCUT2D eigenvalue weighted by Crippen LogP contribution is 2.43. The van der Waals surface area contributed by atoms with Gasteiger partial charge in [0.05, 0.1) is 25.7 Å². The van der Waals surface area contributed by atoms with Crippen molar-refractivity contribution >= 4 is 43.3 Å². The lowest BCUT2D eigenvalue weighted by Gasteiger charge is -2.16. The first kappa shape index (κ1) is 20.5. The fourth-order valence-corrected chi connectivity index (χ4v) is 4.60. The van der Waals surface area contributed by atoms with E-state index in [2.05, 4.69) is 0 Å². The Hall–Kier alpha value is -2.80. The van der Waals surface area contributed by atoms with E-state index in [0.717, 1.165) is 16.2 Å². The topological polar surface area (TPSA) is 61.8 Å². The highest BCUT2D eigenvalue weighted by molar-refractivity contribution is 7.86. The molecule has 0 atom stereocenters. The van der Waals surface area contributed by atoms with Crippen LogP contribution in [0.5, 0.6) is 11.5 Å². The number of halogens is 1. The quantitative estimate of drug-likeness (QED) is 0.288. The molecule has 0 bridgehead atoms. The van der Waals surface area contributed by atoms with Gasteiger partial charge >= 0.3 is 0 Å². The first-order valence-electron chi connectivity index (χ1n) is 9.15. The molecule has 0 saturated carbocycles. The van der Waals surface area contributed by atoms with Crippen LogP contribution in [0.1, 0.15) is 5.56 Å². The maximum Gasteiger partial charge on any atom is 0.297 e. The van der Waals surface area contributed by atoms with E-state index in [1.54, 1.807) is 50.6 Å². The molecular weight excluding hydrogens is 424 g/mol. The van der Waals surface area contributed by atoms with Gasteiger partial charge in [-0.15, -0.1) is 0 Å². The second-order valence-electron chi connectivity index (χ2n) is 6.63. The predicted octanol–water partition coefficient (Wildman–Crippen LogP) is 5.57. The third-order valence-corrected chi connectivity index (χ3v) is 6.55. The molecule has 0 aliphatic carbocycles. The average molecular weight is 443 g/mol. The molecule has 0 unspecified atom stereocenters. The van der Waals surface area contributed by atoms with Crippen molar-refractivity contribution in [1.82, 2.24) is 0 Å². The Balaban J connectivity index is 1.82. The maximum absolute atomic E-state index is 12.8. The molecule has 4 rings (SSSR count). The normalized spacial score (nSPS) is 11.7. The number of hydrogen-bond donors (Lipinski definition) is 0. The van der Waals surface area contributed by atoms with Crippen LogP contribution in [-0.4, -0.2) is 22.6 Å². The van der Waals surface area contributed by atoms with Gasteiger partial charge in [0.1, 0.15) is 11.5 Å². The Labute approximate surface area is 179 Å². The SMILES string of the molecule is COc1c2ccccc2c(OC)c2cc(S(=O)(=O)OCc3ccccc3Cl)ccc12. The minimum Gasteiger partial charge on any atom is -0.495 e. The summed E-state index contributed by atoms with van der Waals surface area (Å²) in [6.45, 7) is -0.155. The first-order chi connectivity index (χ1) is 14.5. The second kappa shape index (κ2) is 8.14. The summed E-state index contributed by atoms with van der Waals surface area (Å²) in [5, 5.41) is 3.53. The van der Waals surface area contributed by atoms with E-state index in [0.29, 0.717) is 27.5 Å². The fraction of sp³-hybridized carbons (Fsp3) is 0.130. The van der Waals surface area contributed by atoms with Crippen molar-refractivity contribution in [2.45, 2.75) is 11.5 Å². The van der Waals surface area contributed by atoms with Gasteiger partial charge in [-0.05, 0) is 29.8 Å². The van der Waals surface area contributed by atoms with E-state index in [-0.39, 0.29) is 11.5 Å². The van der Waals surface area contributed by atoms with Crippen molar-refractivity contribution in [2.24, 2.45) is 0 Å². The summed E-state index contributed by atoms with van der Waals surface area (Å²) in [7, 11) is -0.873. The summed E-state index contributed by atoms with van der Waals surface area (Å²) in [6, 6.07) is 19.4. The van der Waals surface area contributed by atoms with Crippen molar-refractivity contribution in [3.8, 4) is 11.5 Å². The Morgan fingerprint density at radius 2 is 1.33 bits per heavy atom. The van der Waals surface area contributed by atoms with Crippen molar-refractivity contribution in [3.05, 3.63) is 77.3 Å². The molecule has 0 fully saturated rings. The summed E-state index contributed by atoms with van der Waals surface area (Å²) in [5.41, 5.74) is 0.591. The van der Waals surface area contributed by atoms with Crippen molar-refractivity contribution in [2.75, 3.05) is 14.2 Å². The maximum atomic E-state index is 12.8. The van der Waals surface area contributed by atoms with Gasteiger partial charge in [0.25, 0.3) is 10.1 Å². The van der Waals surface area contributed by atoms with Crippen LogP contribution in [0.3, 0.4) is 0 Å². The van der Waals surface area contributed by atoms with Gasteiger partial charge < -0.3 is 9.47 Å². The minimum absolute atomic E-state index is 0.0256. The minimum atomic E-state index is -4.02. The van der Waals surface area contributed by atoms with Gasteiger partial charge in [-0.1, -0.05) is 54.1 Å². The smallest absolute Gasteiger partial charge is 0.297 e. The zero-order valence-electron chi connectivity index (χ0n) is 16.4. The first-order valence-corrected chi connectivity index (χ1v) is 10.9. The number of rotatable bonds is 6. The number of ether oxygens (including phenoxy) is 2. The van der Waals surface area contributed by atoms with Crippen LogP contribution in [0, 0.1) is 0 Å². The van der Waals surface area contributed by atoms with E-state index >= 15 is 0 Å². The summed E-state index contributed by atoms with van der Waals surface area (Å²) in [5.74, 6) is 1.23. The van der Waals surface area contributed by atoms with Crippen molar-refractivity contribution in [1.29, 1.82) is 0 Å². The lowest BCUT2D eigenvalue weighted by atomic mass is 10.0. The molecule has 0 saturated heterocycles. The lowest BCUT2D eigenvalue weighted by Crippen LogP contribution is -2.07. The second-order valence-corrected chi connectivity index (χ2v) is 8.65. The summed E-state index contributed by atoms with van der Waals surface area (Å²) >= 11 is 6.10. The van der Waals surface area contributed by atoms with Gasteiger partial charge in [0.2, 0.25) is 0 Å². The van der Waals surface area contributed by atoms with Crippen LogP contribution in [0.15, 0.2) is 71.6 Å². The Kier molecular flexibility index (Phi) is 5.56. The summed E-state index contributed by atoms with van der Waals surface area (Å²) in [4.78, 5) is 0.0256. The number of methoxy groups -OCH3 is 2. The third kappa shape index (κ3) is 3.58. The molecule has 0 aliphatic rings. The Morgan fingerprint density at radius 1 is 0.767 bits per heavy atom. The molecule has 0 N–H and O–H groups in total. The predicted molar refractivity (Wildman–Crippen MR) is 118 cm³/mol. The molecule has 154 valence electrons. The molecule has 4 aromatic rings. The van der Waals surface area contributed by atoms with E-state index in [9.17, 15) is 8.42 Å².